The molecule has 2 aromatic carbocycles. The highest BCUT2D eigenvalue weighted by Crippen LogP contribution is 2.55. The van der Waals surface area contributed by atoms with Gasteiger partial charge >= 0.3 is 0 Å². The molecule has 2 fully saturated rings. The summed E-state index contributed by atoms with van der Waals surface area (Å²) in [5.74, 6) is 0.00877. The molecule has 0 unspecified atom stereocenters. The van der Waals surface area contributed by atoms with Crippen LogP contribution in [-0.4, -0.2) is 80.6 Å². The number of carbonyl (C=O) groups is 1. The molecule has 4 heterocycles. The smallest absolute Gasteiger partial charge is 0.245 e. The Balaban J connectivity index is 1.26. The number of aromatic amines is 1. The Kier molecular flexibility index (Phi) is 7.31. The molecule has 1 aliphatic carbocycles. The molecule has 10 nitrogen and oxygen atoms in total. The van der Waals surface area contributed by atoms with Crippen molar-refractivity contribution < 1.29 is 14.3 Å². The standard InChI is InChI=1S/C33H36ClN7O3/c1-5-28(42)39-18-33(19-39)14-24(15-33)41-21(3)29(30-25-16-35-36-27(25)12-20(2)31(30)34)32(38-41)22-6-7-26-23(13-22)17-40(37-26)8-9-44-11-10-43-4/h5-7,12-13,16-17,24H,1,8-11,14-15,18-19H2,2-4H3,(H,35,36). The maximum Gasteiger partial charge on any atom is 0.245 e. The third-order valence-corrected chi connectivity index (χ3v) is 9.70. The van der Waals surface area contributed by atoms with Gasteiger partial charge < -0.3 is 14.4 Å². The number of aromatic nitrogens is 6. The number of H-pyrrole nitrogens is 1. The van der Waals surface area contributed by atoms with Crippen LogP contribution in [-0.2, 0) is 20.8 Å². The molecule has 3 aromatic heterocycles. The first-order valence-electron chi connectivity index (χ1n) is 15.0. The monoisotopic (exact) mass is 613 g/mol. The van der Waals surface area contributed by atoms with Gasteiger partial charge in [-0.15, -0.1) is 0 Å². The molecule has 5 aromatic rings. The number of likely N-dealkylation sites (tertiary alicyclic amines) is 1. The number of nitrogens with zero attached hydrogens (tertiary/aromatic N) is 6. The van der Waals surface area contributed by atoms with Crippen molar-refractivity contribution in [1.29, 1.82) is 0 Å². The third kappa shape index (κ3) is 4.81. The largest absolute Gasteiger partial charge is 0.382 e. The van der Waals surface area contributed by atoms with E-state index < -0.39 is 0 Å². The average molecular weight is 614 g/mol. The first-order chi connectivity index (χ1) is 21.3. The molecule has 44 heavy (non-hydrogen) atoms. The molecule has 0 bridgehead atoms. The Morgan fingerprint density at radius 3 is 2.75 bits per heavy atom. The van der Waals surface area contributed by atoms with Gasteiger partial charge in [0.15, 0.2) is 0 Å². The lowest BCUT2D eigenvalue weighted by molar-refractivity contribution is -0.149. The third-order valence-electron chi connectivity index (χ3n) is 9.21. The number of carbonyl (C=O) groups excluding carboxylic acids is 1. The summed E-state index contributed by atoms with van der Waals surface area (Å²) >= 11 is 7.09. The lowest BCUT2D eigenvalue weighted by Gasteiger charge is -2.58. The van der Waals surface area contributed by atoms with Gasteiger partial charge in [0.1, 0.15) is 5.69 Å². The highest BCUT2D eigenvalue weighted by molar-refractivity contribution is 6.36. The molecule has 2 aliphatic rings. The average Bonchev–Trinajstić information content (AvgIpc) is 3.69. The number of amides is 1. The molecule has 1 aliphatic heterocycles. The zero-order valence-electron chi connectivity index (χ0n) is 25.3. The second kappa shape index (κ2) is 11.2. The quantitative estimate of drug-likeness (QED) is 0.159. The Morgan fingerprint density at radius 2 is 1.98 bits per heavy atom. The van der Waals surface area contributed by atoms with Gasteiger partial charge in [0.25, 0.3) is 0 Å². The number of benzene rings is 2. The van der Waals surface area contributed by atoms with E-state index in [4.69, 9.17) is 31.3 Å². The summed E-state index contributed by atoms with van der Waals surface area (Å²) in [7, 11) is 1.67. The van der Waals surface area contributed by atoms with Gasteiger partial charge in [0.05, 0.1) is 54.7 Å². The molecule has 0 atom stereocenters. The predicted octanol–water partition coefficient (Wildman–Crippen LogP) is 5.73. The van der Waals surface area contributed by atoms with E-state index in [9.17, 15) is 4.79 Å². The van der Waals surface area contributed by atoms with E-state index in [0.29, 0.717) is 31.4 Å². The minimum atomic E-state index is 0.00877. The lowest BCUT2D eigenvalue weighted by atomic mass is 9.60. The zero-order chi connectivity index (χ0) is 30.6. The Hall–Kier alpha value is -3.99. The zero-order valence-corrected chi connectivity index (χ0v) is 26.0. The molecular formula is C33H36ClN7O3. The summed E-state index contributed by atoms with van der Waals surface area (Å²) in [6, 6.07) is 8.58. The molecule has 1 spiro atoms. The van der Waals surface area contributed by atoms with Crippen LogP contribution in [0.1, 0.15) is 30.1 Å². The van der Waals surface area contributed by atoms with Crippen molar-refractivity contribution in [3.8, 4) is 22.4 Å². The maximum absolute atomic E-state index is 12.1. The number of rotatable bonds is 10. The summed E-state index contributed by atoms with van der Waals surface area (Å²) in [5.41, 5.74) is 7.91. The van der Waals surface area contributed by atoms with E-state index in [1.807, 2.05) is 34.8 Å². The summed E-state index contributed by atoms with van der Waals surface area (Å²) in [4.78, 5) is 13.9. The van der Waals surface area contributed by atoms with Gasteiger partial charge in [-0.05, 0) is 56.5 Å². The second-order valence-electron chi connectivity index (χ2n) is 12.2. The Morgan fingerprint density at radius 1 is 1.16 bits per heavy atom. The van der Waals surface area contributed by atoms with E-state index in [1.165, 1.54) is 6.08 Å². The van der Waals surface area contributed by atoms with Crippen molar-refractivity contribution in [2.45, 2.75) is 39.3 Å². The molecule has 0 radical (unpaired) electrons. The van der Waals surface area contributed by atoms with Crippen LogP contribution in [0.15, 0.2) is 49.3 Å². The second-order valence-corrected chi connectivity index (χ2v) is 12.6. The SMILES string of the molecule is C=CC(=O)N1CC2(CC(n3nc(-c4ccc5nn(CCOCCOC)cc5c4)c(-c4c(Cl)c(C)cc5[nH]ncc45)c3C)C2)C1. The van der Waals surface area contributed by atoms with Crippen molar-refractivity contribution in [2.75, 3.05) is 40.0 Å². The van der Waals surface area contributed by atoms with Crippen molar-refractivity contribution in [3.05, 3.63) is 65.6 Å². The van der Waals surface area contributed by atoms with Crippen LogP contribution in [0.3, 0.4) is 0 Å². The van der Waals surface area contributed by atoms with Crippen LogP contribution in [0.2, 0.25) is 5.02 Å². The van der Waals surface area contributed by atoms with E-state index >= 15 is 0 Å². The number of halogens is 1. The topological polar surface area (TPSA) is 103 Å². The summed E-state index contributed by atoms with van der Waals surface area (Å²) in [6.45, 7) is 11.7. The highest BCUT2D eigenvalue weighted by atomic mass is 35.5. The number of hydrogen-bond acceptors (Lipinski definition) is 6. The minimum absolute atomic E-state index is 0.00877. The number of fused-ring (bicyclic) bond motifs is 2. The molecular weight excluding hydrogens is 578 g/mol. The van der Waals surface area contributed by atoms with Crippen LogP contribution in [0.5, 0.6) is 0 Å². The minimum Gasteiger partial charge on any atom is -0.382 e. The first-order valence-corrected chi connectivity index (χ1v) is 15.4. The van der Waals surface area contributed by atoms with Gasteiger partial charge in [0, 0.05) is 65.0 Å². The molecule has 228 valence electrons. The molecule has 11 heteroatoms. The number of nitrogens with one attached hydrogen (secondary N) is 1. The fraction of sp³-hybridized carbons (Fsp3) is 0.394. The van der Waals surface area contributed by atoms with Gasteiger partial charge in [-0.2, -0.15) is 15.3 Å². The Bertz CT molecular complexity index is 1890. The molecule has 1 saturated heterocycles. The molecule has 1 saturated carbocycles. The molecule has 1 amide bonds. The van der Waals surface area contributed by atoms with Crippen molar-refractivity contribution in [3.63, 3.8) is 0 Å². The number of hydrogen-bond donors (Lipinski definition) is 1. The number of methoxy groups -OCH3 is 1. The van der Waals surface area contributed by atoms with Crippen molar-refractivity contribution in [2.24, 2.45) is 5.41 Å². The van der Waals surface area contributed by atoms with Gasteiger partial charge in [0.2, 0.25) is 5.91 Å². The fourth-order valence-electron chi connectivity index (χ4n) is 6.98. The normalized spacial score (nSPS) is 16.1. The van der Waals surface area contributed by atoms with E-state index in [-0.39, 0.29) is 17.4 Å². The molecule has 1 N–H and O–H groups in total. The van der Waals surface area contributed by atoms with Crippen LogP contribution in [0, 0.1) is 19.3 Å². The van der Waals surface area contributed by atoms with Crippen molar-refractivity contribution in [1.82, 2.24) is 34.7 Å². The lowest BCUT2D eigenvalue weighted by Crippen LogP contribution is -2.63. The fourth-order valence-corrected chi connectivity index (χ4v) is 7.23. The van der Waals surface area contributed by atoms with Crippen LogP contribution in [0.4, 0.5) is 0 Å². The summed E-state index contributed by atoms with van der Waals surface area (Å²) < 4.78 is 14.8. The first kappa shape index (κ1) is 28.8. The van der Waals surface area contributed by atoms with E-state index in [0.717, 1.165) is 81.4 Å². The van der Waals surface area contributed by atoms with Gasteiger partial charge in [-0.1, -0.05) is 24.2 Å². The van der Waals surface area contributed by atoms with E-state index in [1.54, 1.807) is 7.11 Å². The molecule has 7 rings (SSSR count). The number of ether oxygens (including phenoxy) is 2. The van der Waals surface area contributed by atoms with Crippen LogP contribution in [0.25, 0.3) is 44.2 Å². The number of aryl methyl sites for hydroxylation is 1. The predicted molar refractivity (Wildman–Crippen MR) is 171 cm³/mol. The van der Waals surface area contributed by atoms with Gasteiger partial charge in [-0.25, -0.2) is 0 Å². The van der Waals surface area contributed by atoms with Gasteiger partial charge in [-0.3, -0.25) is 19.3 Å². The van der Waals surface area contributed by atoms with E-state index in [2.05, 4.69) is 46.7 Å². The highest BCUT2D eigenvalue weighted by Gasteiger charge is 2.54. The van der Waals surface area contributed by atoms with Crippen LogP contribution < -0.4 is 0 Å². The maximum atomic E-state index is 12.1. The Labute approximate surface area is 260 Å². The summed E-state index contributed by atoms with van der Waals surface area (Å²) in [5, 5.41) is 20.2. The van der Waals surface area contributed by atoms with Crippen molar-refractivity contribution >= 4 is 39.3 Å². The van der Waals surface area contributed by atoms with Crippen LogP contribution >= 0.6 is 11.6 Å². The summed E-state index contributed by atoms with van der Waals surface area (Å²) in [6.07, 6.45) is 7.26.